The molecule has 140 valence electrons. The van der Waals surface area contributed by atoms with Crippen molar-refractivity contribution in [2.75, 3.05) is 17.4 Å². The summed E-state index contributed by atoms with van der Waals surface area (Å²) < 4.78 is 10.6. The zero-order valence-corrected chi connectivity index (χ0v) is 15.4. The van der Waals surface area contributed by atoms with Crippen LogP contribution >= 0.6 is 0 Å². The van der Waals surface area contributed by atoms with Gasteiger partial charge in [0.25, 0.3) is 0 Å². The second-order valence-electron chi connectivity index (χ2n) is 6.96. The fourth-order valence-corrected chi connectivity index (χ4v) is 3.40. The molecule has 1 aliphatic carbocycles. The van der Waals surface area contributed by atoms with Gasteiger partial charge in [-0.05, 0) is 43.0 Å². The van der Waals surface area contributed by atoms with Crippen LogP contribution in [-0.2, 0) is 16.0 Å². The number of ether oxygens (including phenoxy) is 2. The van der Waals surface area contributed by atoms with Gasteiger partial charge in [-0.3, -0.25) is 9.59 Å². The molecule has 6 nitrogen and oxygen atoms in total. The van der Waals surface area contributed by atoms with E-state index in [2.05, 4.69) is 17.6 Å². The second kappa shape index (κ2) is 6.95. The molecule has 1 saturated carbocycles. The van der Waals surface area contributed by atoms with E-state index in [0.717, 1.165) is 23.2 Å². The van der Waals surface area contributed by atoms with E-state index in [1.165, 1.54) is 0 Å². The Morgan fingerprint density at radius 1 is 1.04 bits per heavy atom. The van der Waals surface area contributed by atoms with Gasteiger partial charge < -0.3 is 20.1 Å². The van der Waals surface area contributed by atoms with Gasteiger partial charge in [-0.25, -0.2) is 0 Å². The number of rotatable bonds is 5. The van der Waals surface area contributed by atoms with Crippen molar-refractivity contribution in [1.82, 2.24) is 0 Å². The van der Waals surface area contributed by atoms with Crippen molar-refractivity contribution >= 4 is 23.2 Å². The van der Waals surface area contributed by atoms with Gasteiger partial charge in [-0.15, -0.1) is 0 Å². The van der Waals surface area contributed by atoms with Crippen molar-refractivity contribution in [2.45, 2.75) is 26.7 Å². The van der Waals surface area contributed by atoms with Crippen molar-refractivity contribution in [3.8, 4) is 11.5 Å². The van der Waals surface area contributed by atoms with E-state index in [0.29, 0.717) is 23.6 Å². The Bertz CT molecular complexity index is 909. The molecule has 0 spiro atoms. The number of nitrogens with one attached hydrogen (secondary N) is 2. The average molecular weight is 366 g/mol. The summed E-state index contributed by atoms with van der Waals surface area (Å²) in [6, 6.07) is 11.2. The van der Waals surface area contributed by atoms with Crippen LogP contribution in [0.5, 0.6) is 11.5 Å². The molecule has 2 N–H and O–H groups in total. The Balaban J connectivity index is 1.38. The molecule has 0 radical (unpaired) electrons. The number of aryl methyl sites for hydroxylation is 2. The minimum atomic E-state index is -0.301. The van der Waals surface area contributed by atoms with Crippen LogP contribution < -0.4 is 20.1 Å². The molecule has 27 heavy (non-hydrogen) atoms. The molecular formula is C21H22N2O4. The lowest BCUT2D eigenvalue weighted by atomic mass is 10.1. The third-order valence-electron chi connectivity index (χ3n) is 5.09. The average Bonchev–Trinajstić information content (AvgIpc) is 3.34. The van der Waals surface area contributed by atoms with Gasteiger partial charge in [-0.2, -0.15) is 0 Å². The van der Waals surface area contributed by atoms with E-state index in [-0.39, 0.29) is 30.4 Å². The summed E-state index contributed by atoms with van der Waals surface area (Å²) >= 11 is 0. The molecule has 4 rings (SSSR count). The summed E-state index contributed by atoms with van der Waals surface area (Å²) in [5.74, 6) is 0.457. The highest BCUT2D eigenvalue weighted by atomic mass is 16.7. The minimum absolute atomic E-state index is 0.0927. The molecular weight excluding hydrogens is 344 g/mol. The number of hydrogen-bond acceptors (Lipinski definition) is 4. The van der Waals surface area contributed by atoms with Crippen LogP contribution in [0, 0.1) is 18.8 Å². The molecule has 0 saturated heterocycles. The lowest BCUT2D eigenvalue weighted by Crippen LogP contribution is -2.21. The highest BCUT2D eigenvalue weighted by molar-refractivity contribution is 6.03. The van der Waals surface area contributed by atoms with Gasteiger partial charge in [0.05, 0.1) is 11.8 Å². The SMILES string of the molecule is CCc1cccc(C)c1NC(=O)C1CC1C(=O)Nc1ccc2c(c1)OCO2. The first-order chi connectivity index (χ1) is 13.1. The maximum absolute atomic E-state index is 12.6. The molecule has 0 aromatic heterocycles. The van der Waals surface area contributed by atoms with Crippen molar-refractivity contribution in [3.05, 3.63) is 47.5 Å². The van der Waals surface area contributed by atoms with E-state index in [1.807, 2.05) is 25.1 Å². The van der Waals surface area contributed by atoms with E-state index >= 15 is 0 Å². The summed E-state index contributed by atoms with van der Waals surface area (Å²) in [6.45, 7) is 4.23. The number of hydrogen-bond donors (Lipinski definition) is 2. The van der Waals surface area contributed by atoms with Gasteiger partial charge in [0, 0.05) is 17.4 Å². The van der Waals surface area contributed by atoms with Crippen molar-refractivity contribution in [2.24, 2.45) is 11.8 Å². The van der Waals surface area contributed by atoms with Crippen LogP contribution in [0.4, 0.5) is 11.4 Å². The molecule has 1 heterocycles. The predicted octanol–water partition coefficient (Wildman–Crippen LogP) is 3.50. The Kier molecular flexibility index (Phi) is 4.48. The van der Waals surface area contributed by atoms with E-state index in [1.54, 1.807) is 18.2 Å². The fraction of sp³-hybridized carbons (Fsp3) is 0.333. The molecule has 6 heteroatoms. The number of carbonyl (C=O) groups excluding carboxylic acids is 2. The Morgan fingerprint density at radius 3 is 2.56 bits per heavy atom. The molecule has 2 aromatic carbocycles. The van der Waals surface area contributed by atoms with Gasteiger partial charge in [-0.1, -0.05) is 25.1 Å². The number of fused-ring (bicyclic) bond motifs is 1. The topological polar surface area (TPSA) is 76.7 Å². The fourth-order valence-electron chi connectivity index (χ4n) is 3.40. The minimum Gasteiger partial charge on any atom is -0.454 e. The predicted molar refractivity (Wildman–Crippen MR) is 102 cm³/mol. The number of amides is 2. The monoisotopic (exact) mass is 366 g/mol. The molecule has 1 aliphatic heterocycles. The first-order valence-electron chi connectivity index (χ1n) is 9.16. The zero-order valence-electron chi connectivity index (χ0n) is 15.4. The van der Waals surface area contributed by atoms with Crippen LogP contribution in [0.25, 0.3) is 0 Å². The molecule has 2 unspecified atom stereocenters. The number of para-hydroxylation sites is 1. The maximum Gasteiger partial charge on any atom is 0.231 e. The molecule has 2 aliphatic rings. The van der Waals surface area contributed by atoms with E-state index in [4.69, 9.17) is 9.47 Å². The summed E-state index contributed by atoms with van der Waals surface area (Å²) in [6.07, 6.45) is 1.41. The zero-order chi connectivity index (χ0) is 19.0. The first kappa shape index (κ1) is 17.4. The van der Waals surface area contributed by atoms with Crippen molar-refractivity contribution in [1.29, 1.82) is 0 Å². The normalized spacial score (nSPS) is 19.5. The van der Waals surface area contributed by atoms with Gasteiger partial charge in [0.15, 0.2) is 11.5 Å². The summed E-state index contributed by atoms with van der Waals surface area (Å²) in [7, 11) is 0. The Hall–Kier alpha value is -3.02. The van der Waals surface area contributed by atoms with Gasteiger partial charge >= 0.3 is 0 Å². The molecule has 2 atom stereocenters. The third kappa shape index (κ3) is 3.47. The Morgan fingerprint density at radius 2 is 1.78 bits per heavy atom. The van der Waals surface area contributed by atoms with Crippen molar-refractivity contribution < 1.29 is 19.1 Å². The maximum atomic E-state index is 12.6. The summed E-state index contributed by atoms with van der Waals surface area (Å²) in [5, 5.41) is 5.88. The molecule has 2 aromatic rings. The highest BCUT2D eigenvalue weighted by Gasteiger charge is 2.48. The van der Waals surface area contributed by atoms with E-state index in [9.17, 15) is 9.59 Å². The first-order valence-corrected chi connectivity index (χ1v) is 9.16. The number of anilines is 2. The number of benzene rings is 2. The third-order valence-corrected chi connectivity index (χ3v) is 5.09. The standard InChI is InChI=1S/C21H22N2O4/c1-3-13-6-4-5-12(2)19(13)23-21(25)16-10-15(16)20(24)22-14-7-8-17-18(9-14)27-11-26-17/h4-9,15-16H,3,10-11H2,1-2H3,(H,22,24)(H,23,25). The molecule has 2 amide bonds. The van der Waals surface area contributed by atoms with Crippen LogP contribution in [0.3, 0.4) is 0 Å². The summed E-state index contributed by atoms with van der Waals surface area (Å²) in [5.41, 5.74) is 3.64. The largest absolute Gasteiger partial charge is 0.454 e. The lowest BCUT2D eigenvalue weighted by molar-refractivity contribution is -0.122. The van der Waals surface area contributed by atoms with Crippen LogP contribution in [0.1, 0.15) is 24.5 Å². The molecule has 1 fully saturated rings. The van der Waals surface area contributed by atoms with Gasteiger partial charge in [0.2, 0.25) is 18.6 Å². The molecule has 0 bridgehead atoms. The van der Waals surface area contributed by atoms with Gasteiger partial charge in [0.1, 0.15) is 0 Å². The Labute approximate surface area is 157 Å². The van der Waals surface area contributed by atoms with Crippen molar-refractivity contribution in [3.63, 3.8) is 0 Å². The van der Waals surface area contributed by atoms with Crippen LogP contribution in [0.2, 0.25) is 0 Å². The van der Waals surface area contributed by atoms with E-state index < -0.39 is 0 Å². The highest BCUT2D eigenvalue weighted by Crippen LogP contribution is 2.41. The van der Waals surface area contributed by atoms with Crippen LogP contribution in [-0.4, -0.2) is 18.6 Å². The summed E-state index contributed by atoms with van der Waals surface area (Å²) in [4.78, 5) is 25.1. The quantitative estimate of drug-likeness (QED) is 0.849. The second-order valence-corrected chi connectivity index (χ2v) is 6.96. The lowest BCUT2D eigenvalue weighted by Gasteiger charge is -2.13. The number of carbonyl (C=O) groups is 2. The van der Waals surface area contributed by atoms with Crippen LogP contribution in [0.15, 0.2) is 36.4 Å². The smallest absolute Gasteiger partial charge is 0.231 e.